The van der Waals surface area contributed by atoms with Gasteiger partial charge in [-0.25, -0.2) is 0 Å². The number of benzene rings is 2. The van der Waals surface area contributed by atoms with E-state index >= 15 is 0 Å². The molecule has 0 amide bonds. The van der Waals surface area contributed by atoms with Gasteiger partial charge in [0.1, 0.15) is 5.75 Å². The number of nitrogens with two attached hydrogens (primary N) is 1. The first-order valence-electron chi connectivity index (χ1n) is 11.2. The number of nitrogens with one attached hydrogen (secondary N) is 1. The fraction of sp³-hybridized carbons (Fsp3) is 0.400. The van der Waals surface area contributed by atoms with Crippen LogP contribution in [0, 0.1) is 5.41 Å². The Labute approximate surface area is 191 Å². The molecule has 3 N–H and O–H groups in total. The first-order chi connectivity index (χ1) is 15.8. The Bertz CT molecular complexity index is 1100. The lowest BCUT2D eigenvalue weighted by atomic mass is 9.73. The summed E-state index contributed by atoms with van der Waals surface area (Å²) in [6.45, 7) is 6.38. The predicted octanol–water partition coefficient (Wildman–Crippen LogP) is 4.79. The second kappa shape index (κ2) is 8.09. The van der Waals surface area contributed by atoms with Crippen molar-refractivity contribution in [3.05, 3.63) is 65.7 Å². The van der Waals surface area contributed by atoms with E-state index in [9.17, 15) is 13.2 Å². The van der Waals surface area contributed by atoms with E-state index in [4.69, 9.17) is 5.73 Å². The van der Waals surface area contributed by atoms with Gasteiger partial charge >= 0.3 is 6.36 Å². The van der Waals surface area contributed by atoms with Gasteiger partial charge in [-0.15, -0.1) is 13.2 Å². The maximum atomic E-state index is 12.8. The smallest absolute Gasteiger partial charge is 0.406 e. The highest BCUT2D eigenvalue weighted by Crippen LogP contribution is 2.51. The molecule has 0 aromatic heterocycles. The van der Waals surface area contributed by atoms with Gasteiger partial charge in [0.15, 0.2) is 0 Å². The summed E-state index contributed by atoms with van der Waals surface area (Å²) in [5.41, 5.74) is 15.0. The Morgan fingerprint density at radius 3 is 2.61 bits per heavy atom. The van der Waals surface area contributed by atoms with Crippen molar-refractivity contribution in [2.75, 3.05) is 24.5 Å². The zero-order valence-electron chi connectivity index (χ0n) is 18.3. The Balaban J connectivity index is 1.41. The number of hydrogen-bond donors (Lipinski definition) is 2. The number of allylic oxidation sites excluding steroid dienone is 1. The molecule has 2 aromatic carbocycles. The van der Waals surface area contributed by atoms with Gasteiger partial charge < -0.3 is 20.8 Å². The molecule has 1 spiro atoms. The number of fused-ring (bicyclic) bond motifs is 1. The van der Waals surface area contributed by atoms with Gasteiger partial charge in [-0.2, -0.15) is 5.10 Å². The third-order valence-corrected chi connectivity index (χ3v) is 7.26. The second-order valence-corrected chi connectivity index (χ2v) is 9.12. The van der Waals surface area contributed by atoms with Crippen LogP contribution in [0.5, 0.6) is 5.75 Å². The van der Waals surface area contributed by atoms with Crippen LogP contribution in [-0.4, -0.2) is 31.7 Å². The van der Waals surface area contributed by atoms with Crippen molar-refractivity contribution in [1.82, 2.24) is 5.43 Å². The lowest BCUT2D eigenvalue weighted by Crippen LogP contribution is -2.44. The summed E-state index contributed by atoms with van der Waals surface area (Å²) in [7, 11) is 0. The summed E-state index contributed by atoms with van der Waals surface area (Å²) >= 11 is 0. The van der Waals surface area contributed by atoms with E-state index in [1.54, 1.807) is 6.07 Å². The van der Waals surface area contributed by atoms with Gasteiger partial charge in [-0.3, -0.25) is 0 Å². The van der Waals surface area contributed by atoms with Crippen LogP contribution < -0.4 is 20.8 Å². The summed E-state index contributed by atoms with van der Waals surface area (Å²) < 4.78 is 42.7. The lowest BCUT2D eigenvalue weighted by molar-refractivity contribution is -0.274. The average molecular weight is 457 g/mol. The number of alkyl halides is 3. The van der Waals surface area contributed by atoms with Crippen LogP contribution in [0.3, 0.4) is 0 Å². The number of piperidine rings is 1. The molecule has 5 nitrogen and oxygen atoms in total. The van der Waals surface area contributed by atoms with Crippen LogP contribution in [-0.2, 0) is 6.42 Å². The summed E-state index contributed by atoms with van der Waals surface area (Å²) in [6.07, 6.45) is -1.27. The fourth-order valence-electron chi connectivity index (χ4n) is 5.48. The molecule has 2 aliphatic heterocycles. The molecule has 0 bridgehead atoms. The highest BCUT2D eigenvalue weighted by Gasteiger charge is 2.46. The van der Waals surface area contributed by atoms with Crippen LogP contribution in [0.4, 0.5) is 18.9 Å². The molecular formula is C25H27F3N4O. The maximum absolute atomic E-state index is 12.8. The molecule has 0 radical (unpaired) electrons. The summed E-state index contributed by atoms with van der Waals surface area (Å²) in [4.78, 5) is 2.22. The second-order valence-electron chi connectivity index (χ2n) is 9.12. The van der Waals surface area contributed by atoms with Crippen molar-refractivity contribution in [1.29, 1.82) is 0 Å². The number of nitrogens with zero attached hydrogens (tertiary/aromatic N) is 2. The van der Waals surface area contributed by atoms with E-state index in [-0.39, 0.29) is 17.2 Å². The molecule has 33 heavy (non-hydrogen) atoms. The molecule has 1 saturated heterocycles. The average Bonchev–Trinajstić information content (AvgIpc) is 3.41. The number of ether oxygens (including phenoxy) is 1. The minimum absolute atomic E-state index is 0.00626. The Kier molecular flexibility index (Phi) is 5.35. The van der Waals surface area contributed by atoms with E-state index in [0.717, 1.165) is 43.8 Å². The predicted molar refractivity (Wildman–Crippen MR) is 123 cm³/mol. The van der Waals surface area contributed by atoms with Gasteiger partial charge in [0.2, 0.25) is 0 Å². The van der Waals surface area contributed by atoms with Crippen molar-refractivity contribution in [3.63, 3.8) is 0 Å². The minimum Gasteiger partial charge on any atom is -0.406 e. The van der Waals surface area contributed by atoms with Gasteiger partial charge in [-0.1, -0.05) is 30.8 Å². The van der Waals surface area contributed by atoms with Crippen molar-refractivity contribution in [3.8, 4) is 5.75 Å². The molecule has 1 aliphatic carbocycles. The topological polar surface area (TPSA) is 62.9 Å². The molecule has 8 heteroatoms. The standard InChI is InChI=1S/C25H27F3N4O/c1-16(21-8-11-30-31-21)20-14-18(33-25(26,27)28)6-7-22(20)32-12-9-24(10-13-32)15-17-4-2-3-5-19(17)23(24)29/h2-7,14,23,30H,1,8-13,15,29H2/t23-/m1/s1. The van der Waals surface area contributed by atoms with E-state index < -0.39 is 6.36 Å². The van der Waals surface area contributed by atoms with E-state index in [2.05, 4.69) is 44.9 Å². The summed E-state index contributed by atoms with van der Waals surface area (Å²) in [6, 6.07) is 12.9. The SMILES string of the molecule is C=C(C1=NNCC1)c1cc(OC(F)(F)F)ccc1N1CCC2(CC1)Cc1ccccc1[C@H]2N. The molecule has 2 heterocycles. The molecule has 3 aliphatic rings. The van der Waals surface area contributed by atoms with Gasteiger partial charge in [0, 0.05) is 48.9 Å². The third-order valence-electron chi connectivity index (χ3n) is 7.26. The monoisotopic (exact) mass is 456 g/mol. The van der Waals surface area contributed by atoms with Crippen LogP contribution in [0.1, 0.15) is 42.0 Å². The number of anilines is 1. The summed E-state index contributed by atoms with van der Waals surface area (Å²) in [5.74, 6) is -0.254. The first kappa shape index (κ1) is 21.8. The van der Waals surface area contributed by atoms with E-state index in [0.29, 0.717) is 24.1 Å². The van der Waals surface area contributed by atoms with E-state index in [1.807, 2.05) is 6.07 Å². The number of hydrogen-bond acceptors (Lipinski definition) is 5. The van der Waals surface area contributed by atoms with Crippen LogP contribution in [0.25, 0.3) is 5.57 Å². The molecule has 1 atom stereocenters. The Morgan fingerprint density at radius 2 is 1.94 bits per heavy atom. The van der Waals surface area contributed by atoms with E-state index in [1.165, 1.54) is 23.3 Å². The zero-order chi connectivity index (χ0) is 23.2. The molecule has 0 unspecified atom stereocenters. The van der Waals surface area contributed by atoms with Crippen LogP contribution in [0.2, 0.25) is 0 Å². The minimum atomic E-state index is -4.75. The molecule has 2 aromatic rings. The Morgan fingerprint density at radius 1 is 1.18 bits per heavy atom. The molecule has 174 valence electrons. The maximum Gasteiger partial charge on any atom is 0.573 e. The number of hydrazone groups is 1. The van der Waals surface area contributed by atoms with Crippen molar-refractivity contribution in [2.24, 2.45) is 16.3 Å². The van der Waals surface area contributed by atoms with Crippen LogP contribution in [0.15, 0.2) is 54.1 Å². The van der Waals surface area contributed by atoms with Gasteiger partial charge in [0.25, 0.3) is 0 Å². The summed E-state index contributed by atoms with van der Waals surface area (Å²) in [5, 5.41) is 4.26. The number of rotatable bonds is 4. The largest absolute Gasteiger partial charge is 0.573 e. The lowest BCUT2D eigenvalue weighted by Gasteiger charge is -2.43. The van der Waals surface area contributed by atoms with Crippen molar-refractivity contribution in [2.45, 2.75) is 38.1 Å². The molecular weight excluding hydrogens is 429 g/mol. The zero-order valence-corrected chi connectivity index (χ0v) is 18.3. The van der Waals surface area contributed by atoms with Gasteiger partial charge in [0.05, 0.1) is 5.71 Å². The fourth-order valence-corrected chi connectivity index (χ4v) is 5.48. The quantitative estimate of drug-likeness (QED) is 0.695. The van der Waals surface area contributed by atoms with Crippen LogP contribution >= 0.6 is 0 Å². The molecule has 5 rings (SSSR count). The Hall–Kier alpha value is -3.00. The molecule has 1 fully saturated rings. The first-order valence-corrected chi connectivity index (χ1v) is 11.2. The third kappa shape index (κ3) is 4.08. The van der Waals surface area contributed by atoms with Crippen molar-refractivity contribution < 1.29 is 17.9 Å². The normalized spacial score (nSPS) is 21.5. The van der Waals surface area contributed by atoms with Crippen molar-refractivity contribution >= 4 is 17.0 Å². The number of halogens is 3. The highest BCUT2D eigenvalue weighted by atomic mass is 19.4. The van der Waals surface area contributed by atoms with Gasteiger partial charge in [-0.05, 0) is 54.0 Å². The highest BCUT2D eigenvalue weighted by molar-refractivity contribution is 6.25. The molecule has 0 saturated carbocycles.